The molecule has 132 valence electrons. The monoisotopic (exact) mass is 381 g/mol. The van der Waals surface area contributed by atoms with Gasteiger partial charge >= 0.3 is 10.3 Å². The fourth-order valence-electron chi connectivity index (χ4n) is 2.01. The third-order valence-electron chi connectivity index (χ3n) is 3.02. The maximum Gasteiger partial charge on any atom is 0.362 e. The van der Waals surface area contributed by atoms with Gasteiger partial charge in [-0.15, -0.1) is 11.3 Å². The number of nitrogens with zero attached hydrogens (tertiary/aromatic N) is 3. The zero-order chi connectivity index (χ0) is 18.1. The third-order valence-corrected chi connectivity index (χ3v) is 4.65. The summed E-state index contributed by atoms with van der Waals surface area (Å²) in [6.07, 6.45) is 0. The lowest BCUT2D eigenvalue weighted by Crippen LogP contribution is -2.73. The zero-order valence-corrected chi connectivity index (χ0v) is 13.7. The van der Waals surface area contributed by atoms with Gasteiger partial charge < -0.3 is 15.9 Å². The number of alkyl halides is 1. The molecule has 2 atom stereocenters. The Labute approximate surface area is 139 Å². The summed E-state index contributed by atoms with van der Waals surface area (Å²) in [5.74, 6) is -2.13. The molecule has 0 bridgehead atoms. The lowest BCUT2D eigenvalue weighted by molar-refractivity contribution is -0.145. The number of hydrogen-bond donors (Lipinski definition) is 3. The molecule has 0 spiro atoms. The number of amides is 2. The second-order valence-corrected chi connectivity index (χ2v) is 6.66. The Morgan fingerprint density at radius 3 is 2.79 bits per heavy atom. The number of halogens is 1. The highest BCUT2D eigenvalue weighted by atomic mass is 32.2. The van der Waals surface area contributed by atoms with Gasteiger partial charge in [0.2, 0.25) is 0 Å². The SMILES string of the molecule is CO/N=C(\C(=O)NC1C(=O)N(S(=O)(=O)O)C1CF)c1csc(N)n1. The van der Waals surface area contributed by atoms with Crippen molar-refractivity contribution in [2.75, 3.05) is 19.5 Å². The number of nitrogens with one attached hydrogen (secondary N) is 1. The molecule has 1 aliphatic heterocycles. The maximum absolute atomic E-state index is 13.0. The average molecular weight is 381 g/mol. The number of β-lactam (4-membered cyclic amide) rings is 1. The van der Waals surface area contributed by atoms with Gasteiger partial charge in [-0.05, 0) is 0 Å². The van der Waals surface area contributed by atoms with E-state index in [1.54, 1.807) is 0 Å². The van der Waals surface area contributed by atoms with Gasteiger partial charge in [0.05, 0.1) is 0 Å². The summed E-state index contributed by atoms with van der Waals surface area (Å²) in [6, 6.07) is -3.04. The molecule has 1 fully saturated rings. The van der Waals surface area contributed by atoms with Gasteiger partial charge in [0.1, 0.15) is 31.6 Å². The largest absolute Gasteiger partial charge is 0.398 e. The van der Waals surface area contributed by atoms with E-state index >= 15 is 0 Å². The standard InChI is InChI=1S/C10H12FN5O6S2/c1-22-15-6(4-3-23-10(12)13-4)8(17)14-7-5(2-11)16(9(7)18)24(19,20)21/h3,5,7H,2H2,1H3,(H2,12,13)(H,14,17)(H,19,20,21)/b15-6-. The Kier molecular flexibility index (Phi) is 5.00. The molecule has 2 heterocycles. The minimum Gasteiger partial charge on any atom is -0.398 e. The Morgan fingerprint density at radius 1 is 1.67 bits per heavy atom. The maximum atomic E-state index is 13.0. The number of carbonyl (C=O) groups is 2. The first-order valence-electron chi connectivity index (χ1n) is 6.20. The Morgan fingerprint density at radius 2 is 2.33 bits per heavy atom. The highest BCUT2D eigenvalue weighted by Gasteiger charge is 2.54. The van der Waals surface area contributed by atoms with Crippen LogP contribution in [0.25, 0.3) is 0 Å². The van der Waals surface area contributed by atoms with Crippen LogP contribution in [0.4, 0.5) is 9.52 Å². The molecular weight excluding hydrogens is 369 g/mol. The Balaban J connectivity index is 2.19. The second kappa shape index (κ2) is 6.66. The topological polar surface area (TPSA) is 164 Å². The van der Waals surface area contributed by atoms with E-state index in [0.29, 0.717) is 0 Å². The molecule has 1 aliphatic rings. The Bertz CT molecular complexity index is 793. The van der Waals surface area contributed by atoms with Crippen LogP contribution in [0.15, 0.2) is 10.5 Å². The zero-order valence-electron chi connectivity index (χ0n) is 12.0. The van der Waals surface area contributed by atoms with E-state index in [1.165, 1.54) is 12.5 Å². The van der Waals surface area contributed by atoms with Crippen molar-refractivity contribution in [2.45, 2.75) is 12.1 Å². The first-order valence-corrected chi connectivity index (χ1v) is 8.48. The van der Waals surface area contributed by atoms with Gasteiger partial charge in [-0.2, -0.15) is 8.42 Å². The predicted octanol–water partition coefficient (Wildman–Crippen LogP) is -1.46. The summed E-state index contributed by atoms with van der Waals surface area (Å²) in [7, 11) is -3.75. The summed E-state index contributed by atoms with van der Waals surface area (Å²) >= 11 is 1.03. The van der Waals surface area contributed by atoms with Crippen LogP contribution >= 0.6 is 11.3 Å². The highest BCUT2D eigenvalue weighted by Crippen LogP contribution is 2.24. The molecule has 0 radical (unpaired) electrons. The predicted molar refractivity (Wildman–Crippen MR) is 80.2 cm³/mol. The van der Waals surface area contributed by atoms with E-state index < -0.39 is 40.9 Å². The van der Waals surface area contributed by atoms with E-state index in [1.807, 2.05) is 0 Å². The van der Waals surface area contributed by atoms with Gasteiger partial charge in [-0.3, -0.25) is 14.1 Å². The molecular formula is C10H12FN5O6S2. The molecule has 14 heteroatoms. The highest BCUT2D eigenvalue weighted by molar-refractivity contribution is 7.84. The Hall–Kier alpha value is -2.32. The lowest BCUT2D eigenvalue weighted by atomic mass is 10.00. The van der Waals surface area contributed by atoms with Crippen LogP contribution in [0.3, 0.4) is 0 Å². The first kappa shape index (κ1) is 18.0. The van der Waals surface area contributed by atoms with Gasteiger partial charge in [0, 0.05) is 5.38 Å². The quantitative estimate of drug-likeness (QED) is 0.233. The number of thiazole rings is 1. The van der Waals surface area contributed by atoms with Crippen molar-refractivity contribution in [3.05, 3.63) is 11.1 Å². The molecule has 1 saturated heterocycles. The molecule has 2 rings (SSSR count). The molecule has 0 aliphatic carbocycles. The van der Waals surface area contributed by atoms with Crippen LogP contribution in [0.2, 0.25) is 0 Å². The number of oxime groups is 1. The summed E-state index contributed by atoms with van der Waals surface area (Å²) in [6.45, 7) is -1.29. The molecule has 0 saturated carbocycles. The van der Waals surface area contributed by atoms with Crippen LogP contribution in [0.1, 0.15) is 5.69 Å². The number of anilines is 1. The number of carbonyl (C=O) groups excluding carboxylic acids is 2. The van der Waals surface area contributed by atoms with E-state index in [2.05, 4.69) is 20.3 Å². The fraction of sp³-hybridized carbons (Fsp3) is 0.400. The van der Waals surface area contributed by atoms with E-state index in [0.717, 1.165) is 11.3 Å². The van der Waals surface area contributed by atoms with Crippen molar-refractivity contribution in [1.82, 2.24) is 14.6 Å². The molecule has 2 amide bonds. The van der Waals surface area contributed by atoms with Crippen LogP contribution in [0.5, 0.6) is 0 Å². The molecule has 2 unspecified atom stereocenters. The molecule has 0 aromatic carbocycles. The van der Waals surface area contributed by atoms with Crippen LogP contribution in [-0.2, 0) is 24.7 Å². The van der Waals surface area contributed by atoms with E-state index in [-0.39, 0.29) is 20.8 Å². The van der Waals surface area contributed by atoms with Gasteiger partial charge in [-0.25, -0.2) is 13.7 Å². The van der Waals surface area contributed by atoms with Gasteiger partial charge in [-0.1, -0.05) is 5.16 Å². The normalized spacial score (nSPS) is 21.4. The number of nitrogens with two attached hydrogens (primary N) is 1. The smallest absolute Gasteiger partial charge is 0.362 e. The number of hydrogen-bond acceptors (Lipinski definition) is 9. The minimum absolute atomic E-state index is 0.0497. The summed E-state index contributed by atoms with van der Waals surface area (Å²) in [4.78, 5) is 32.3. The van der Waals surface area contributed by atoms with Crippen molar-refractivity contribution in [2.24, 2.45) is 5.16 Å². The number of aromatic nitrogens is 1. The van der Waals surface area contributed by atoms with E-state index in [9.17, 15) is 22.4 Å². The van der Waals surface area contributed by atoms with Gasteiger partial charge in [0.25, 0.3) is 11.8 Å². The van der Waals surface area contributed by atoms with Crippen LogP contribution in [0, 0.1) is 0 Å². The molecule has 4 N–H and O–H groups in total. The van der Waals surface area contributed by atoms with Crippen molar-refractivity contribution in [3.63, 3.8) is 0 Å². The number of nitrogen functional groups attached to an aromatic ring is 1. The van der Waals surface area contributed by atoms with Crippen LogP contribution in [-0.4, -0.2) is 65.7 Å². The third kappa shape index (κ3) is 3.29. The lowest BCUT2D eigenvalue weighted by Gasteiger charge is -2.42. The molecule has 1 aromatic heterocycles. The summed E-state index contributed by atoms with van der Waals surface area (Å²) < 4.78 is 43.8. The molecule has 1 aromatic rings. The van der Waals surface area contributed by atoms with Crippen molar-refractivity contribution >= 4 is 44.3 Å². The van der Waals surface area contributed by atoms with Crippen molar-refractivity contribution in [3.8, 4) is 0 Å². The second-order valence-electron chi connectivity index (χ2n) is 4.48. The van der Waals surface area contributed by atoms with Crippen LogP contribution < -0.4 is 11.1 Å². The van der Waals surface area contributed by atoms with Gasteiger partial charge in [0.15, 0.2) is 10.8 Å². The van der Waals surface area contributed by atoms with E-state index in [4.69, 9.17) is 10.3 Å². The van der Waals surface area contributed by atoms with Crippen molar-refractivity contribution in [1.29, 1.82) is 0 Å². The molecule has 11 nitrogen and oxygen atoms in total. The summed E-state index contributed by atoms with van der Waals surface area (Å²) in [5, 5.41) is 7.16. The van der Waals surface area contributed by atoms with Crippen molar-refractivity contribution < 1.29 is 31.8 Å². The average Bonchev–Trinajstić information content (AvgIpc) is 2.91. The first-order chi connectivity index (χ1) is 11.2. The number of rotatable bonds is 6. The minimum atomic E-state index is -4.91. The summed E-state index contributed by atoms with van der Waals surface area (Å²) in [5.41, 5.74) is 5.19. The molecule has 24 heavy (non-hydrogen) atoms. The fourth-order valence-corrected chi connectivity index (χ4v) is 3.42.